The number of imidazole rings is 1. The van der Waals surface area contributed by atoms with E-state index in [0.717, 1.165) is 5.56 Å². The van der Waals surface area contributed by atoms with E-state index in [1.165, 1.54) is 17.2 Å². The molecule has 2 fully saturated rings. The molecule has 4 unspecified atom stereocenters. The Morgan fingerprint density at radius 2 is 1.22 bits per heavy atom. The maximum absolute atomic E-state index is 12.6. The van der Waals surface area contributed by atoms with E-state index in [4.69, 9.17) is 37.0 Å². The number of nitrogens with two attached hydrogens (primary N) is 3. The van der Waals surface area contributed by atoms with Crippen LogP contribution < -0.4 is 79.8 Å². The molecule has 2 saturated heterocycles. The minimum Gasteiger partial charge on any atom is -0.790 e. The first-order chi connectivity index (χ1) is 52.6. The second-order valence-corrected chi connectivity index (χ2v) is 22.1. The molecule has 0 saturated carbocycles. The lowest BCUT2D eigenvalue weighted by atomic mass is 10.0. The highest BCUT2D eigenvalue weighted by atomic mass is 32.1. The SMILES string of the molecule is C[C@@H](C(=O)[O-])c1ccccc1.NC(N)=[NH+]CCCC([NH3+])C(=O)[O-].Nc1ncnc2c1ncn2[C@@H]1O[C@H](CO)[C@H](O)C1O.O=P([O-])([O-])OC[C@@]1(O)O[C@@H](COP(=O)(OOOOOOOOOOOOOOO)OOOOOOOOOOOOOOO[O-])[C@@H](O)[C@H]1O.[NH3+][C@@H](CCC(=O)NC(CS)C(=O)NCC(=O)[O-])C(=O)[O-]. The van der Waals surface area contributed by atoms with Crippen molar-refractivity contribution in [3.8, 4) is 0 Å². The highest BCUT2D eigenvalue weighted by molar-refractivity contribution is 7.80. The number of thiol groups is 1. The molecule has 13 atom stereocenters. The van der Waals surface area contributed by atoms with Gasteiger partial charge in [-0.25, -0.2) is 24.8 Å². The quantitative estimate of drug-likeness (QED) is 0.00475. The van der Waals surface area contributed by atoms with E-state index < -0.39 is 150 Å². The number of amides is 2. The van der Waals surface area contributed by atoms with Gasteiger partial charge >= 0.3 is 13.8 Å². The Kier molecular flexibility index (Phi) is 52.8. The fourth-order valence-electron chi connectivity index (χ4n) is 6.79. The van der Waals surface area contributed by atoms with Crippen molar-refractivity contribution in [2.45, 2.75) is 105 Å². The van der Waals surface area contributed by atoms with Gasteiger partial charge in [0.25, 0.3) is 0 Å². The Bertz CT molecular complexity index is 3220. The largest absolute Gasteiger partial charge is 0.790 e. The van der Waals surface area contributed by atoms with E-state index in [2.05, 4.69) is 204 Å². The molecule has 2 aromatic heterocycles. The number of carbonyl (C=O) groups is 6. The predicted molar refractivity (Wildman–Crippen MR) is 291 cm³/mol. The molecule has 1 aromatic carbocycles. The number of phosphoric acid groups is 2. The number of aromatic nitrogens is 4. The number of rotatable bonds is 53. The first kappa shape index (κ1) is 102. The molecule has 0 radical (unpaired) electrons. The molecule has 22 N–H and O–H groups in total. The molecule has 2 aliphatic heterocycles. The number of carboxylic acid groups (broad SMARTS) is 4. The zero-order chi connectivity index (χ0) is 83.4. The number of nitrogens with zero attached hydrogens (tertiary/aromatic N) is 4. The molecule has 0 bridgehead atoms. The Hall–Kier alpha value is -7.33. The molecule has 2 amide bonds. The summed E-state index contributed by atoms with van der Waals surface area (Å²) in [6.45, 7) is -1.71. The van der Waals surface area contributed by atoms with Crippen LogP contribution in [0.15, 0.2) is 43.0 Å². The van der Waals surface area contributed by atoms with Crippen LogP contribution in [0.2, 0.25) is 0 Å². The highest BCUT2D eigenvalue weighted by Crippen LogP contribution is 2.51. The summed E-state index contributed by atoms with van der Waals surface area (Å²) in [4.78, 5) is 100.0. The molecule has 0 spiro atoms. The Balaban J connectivity index is 0.000000804. The van der Waals surface area contributed by atoms with E-state index in [9.17, 15) is 98.9 Å². The molecule has 638 valence electrons. The van der Waals surface area contributed by atoms with Crippen molar-refractivity contribution in [1.82, 2.24) is 30.2 Å². The first-order valence-electron chi connectivity index (χ1n) is 28.3. The van der Waals surface area contributed by atoms with Gasteiger partial charge in [-0.15, -0.1) is 0 Å². The van der Waals surface area contributed by atoms with Gasteiger partial charge < -0.3 is 132 Å². The highest BCUT2D eigenvalue weighted by Gasteiger charge is 2.55. The van der Waals surface area contributed by atoms with Crippen molar-refractivity contribution in [3.63, 3.8) is 0 Å². The standard InChI is InChI=1S/C10H13N5O4.C10H17N3O6S.C9H10O2.C6H14N4O2.C6H14O41P2/c11-8-5-9(13-2-12-8)15(3-14-5)10-7(18)6(17)4(1-16)19-10;11-5(10(18)19)1-2-7(14)13-6(4-20)9(17)12-3-8(15)16;1-7(9(10)11)8-5-3-2-4-6-8;7-4(5(11)12)2-1-3-10-6(8)9;7-4-3(18-6(9,5(4)8)2-17-48(12,13)14)1-16-49(15,46-44-42-40-38-36-34-32-30-28-26-24-22-20-11)47-45-43-41-39-37-35-33-31-29-27-25-23-21-19-10/h2-4,6-7,10,16-18H,1H2,(H2,11,12,13);5-6,20H,1-4,11H2,(H,12,17)(H,13,14)(H,15,16)(H,18,19);2-7H,1H3,(H,10,11);4H,1-3,7H2,(H,11,12)(H4,8,9,10);3-5,7-11H,1-2H2,(H2,12,13,14)/p-4/t4-,6+,7?,10-;5-,6?;7-;;3-,4+,5+,6+,49?/m101.0/s1. The number of hydrogen-bond acceptors (Lipinski definition) is 60. The van der Waals surface area contributed by atoms with E-state index in [0.29, 0.717) is 30.6 Å². The molecule has 2 aliphatic rings. The summed E-state index contributed by atoms with van der Waals surface area (Å²) in [6, 6.07) is 6.33. The van der Waals surface area contributed by atoms with Crippen LogP contribution in [0.1, 0.15) is 50.3 Å². The van der Waals surface area contributed by atoms with Gasteiger partial charge in [-0.1, -0.05) is 46.6 Å². The van der Waals surface area contributed by atoms with Crippen LogP contribution in [0.3, 0.4) is 0 Å². The van der Waals surface area contributed by atoms with Gasteiger partial charge in [0.2, 0.25) is 17.6 Å². The Morgan fingerprint density at radius 1 is 0.712 bits per heavy atom. The van der Waals surface area contributed by atoms with Crippen molar-refractivity contribution in [3.05, 3.63) is 48.5 Å². The minimum absolute atomic E-state index is 0.0336. The fraction of sp³-hybridized carbons (Fsp3) is 0.561. The van der Waals surface area contributed by atoms with Crippen molar-refractivity contribution in [2.75, 3.05) is 44.4 Å². The molecular formula is C41H64N12O55P2S-4. The van der Waals surface area contributed by atoms with Crippen molar-refractivity contribution >= 4 is 86.9 Å². The molecule has 5 rings (SSSR count). The summed E-state index contributed by atoms with van der Waals surface area (Å²) >= 11 is 3.86. The third kappa shape index (κ3) is 44.1. The summed E-state index contributed by atoms with van der Waals surface area (Å²) in [5.41, 5.74) is 24.1. The number of hydrogen-bond donors (Lipinski definition) is 16. The number of phosphoric ester groups is 1. The van der Waals surface area contributed by atoms with Crippen LogP contribution in [0, 0.1) is 0 Å². The molecule has 0 aliphatic carbocycles. The summed E-state index contributed by atoms with van der Waals surface area (Å²) in [6.07, 6.45) is -7.02. The normalized spacial score (nSPS) is 20.2. The lowest BCUT2D eigenvalue weighted by Gasteiger charge is -2.33. The van der Waals surface area contributed by atoms with Gasteiger partial charge in [-0.2, -0.15) is 12.6 Å². The summed E-state index contributed by atoms with van der Waals surface area (Å²) in [5.74, 6) is -9.52. The molecule has 111 heavy (non-hydrogen) atoms. The average molecular weight is 1700 g/mol. The number of fused-ring (bicyclic) bond motifs is 1. The van der Waals surface area contributed by atoms with Crippen LogP contribution in [-0.2, 0) is 202 Å². The third-order valence-electron chi connectivity index (χ3n) is 11.8. The van der Waals surface area contributed by atoms with Crippen molar-refractivity contribution in [1.29, 1.82) is 0 Å². The molecule has 67 nitrogen and oxygen atoms in total. The van der Waals surface area contributed by atoms with Crippen LogP contribution in [0.25, 0.3) is 11.2 Å². The fourth-order valence-corrected chi connectivity index (χ4v) is 8.03. The number of carbonyl (C=O) groups excluding carboxylic acids is 6. The topological polar surface area (TPSA) is 959 Å². The summed E-state index contributed by atoms with van der Waals surface area (Å²) < 4.78 is 51.1. The average Bonchev–Trinajstić information content (AvgIpc) is 1.67. The number of benzene rings is 1. The van der Waals surface area contributed by atoms with Gasteiger partial charge in [-0.05, 0) is 143 Å². The third-order valence-corrected chi connectivity index (χ3v) is 13.6. The van der Waals surface area contributed by atoms with Crippen LogP contribution in [0.4, 0.5) is 5.82 Å². The lowest BCUT2D eigenvalue weighted by Crippen LogP contribution is -2.78. The maximum Gasteiger partial charge on any atom is 0.534 e. The first-order valence-corrected chi connectivity index (χ1v) is 31.9. The second kappa shape index (κ2) is 57.7. The van der Waals surface area contributed by atoms with Crippen molar-refractivity contribution in [2.24, 2.45) is 11.5 Å². The monoisotopic (exact) mass is 1700 g/mol. The summed E-state index contributed by atoms with van der Waals surface area (Å²) in [5, 5.41) is 213. The number of guanidine groups is 1. The number of ether oxygens (including phenoxy) is 2. The number of aliphatic hydroxyl groups excluding tert-OH is 5. The van der Waals surface area contributed by atoms with Gasteiger partial charge in [0.05, 0.1) is 58.4 Å². The molecule has 4 heterocycles. The second-order valence-electron chi connectivity index (χ2n) is 19.1. The smallest absolute Gasteiger partial charge is 0.534 e. The van der Waals surface area contributed by atoms with Gasteiger partial charge in [0.1, 0.15) is 73.2 Å². The lowest BCUT2D eigenvalue weighted by molar-refractivity contribution is -0.918. The number of aliphatic carboxylic acids is 4. The van der Waals surface area contributed by atoms with E-state index in [1.807, 2.05) is 23.5 Å². The zero-order valence-corrected chi connectivity index (χ0v) is 57.6. The number of carboxylic acids is 4. The van der Waals surface area contributed by atoms with Gasteiger partial charge in [0, 0.05) is 36.9 Å². The number of anilines is 1. The van der Waals surface area contributed by atoms with Gasteiger partial charge in [0.15, 0.2) is 17.7 Å². The minimum atomic E-state index is -5.71. The van der Waals surface area contributed by atoms with Crippen LogP contribution >= 0.6 is 28.3 Å². The summed E-state index contributed by atoms with van der Waals surface area (Å²) in [7, 11) is -11.2. The van der Waals surface area contributed by atoms with E-state index in [-0.39, 0.29) is 30.4 Å². The van der Waals surface area contributed by atoms with Crippen molar-refractivity contribution < 1.29 is 290 Å². The number of nitrogens with one attached hydrogen (secondary N) is 3. The van der Waals surface area contributed by atoms with Crippen LogP contribution in [0.5, 0.6) is 0 Å². The van der Waals surface area contributed by atoms with Crippen LogP contribution in [-0.4, -0.2) is 196 Å². The Labute approximate surface area is 615 Å². The number of nitrogen functional groups attached to an aromatic ring is 1. The number of quaternary nitrogens is 2. The Morgan fingerprint density at radius 3 is 1.67 bits per heavy atom. The maximum atomic E-state index is 12.6. The van der Waals surface area contributed by atoms with E-state index in [1.54, 1.807) is 19.1 Å². The predicted octanol–water partition coefficient (Wildman–Crippen LogP) is -18.9. The number of aliphatic hydroxyl groups is 6. The molecular weight excluding hydrogens is 1630 g/mol. The van der Waals surface area contributed by atoms with Gasteiger partial charge in [-0.3, -0.25) is 40.2 Å². The zero-order valence-electron chi connectivity index (χ0n) is 55.0. The molecule has 70 heteroatoms. The van der Waals surface area contributed by atoms with E-state index >= 15 is 0 Å². The molecule has 3 aromatic rings.